The lowest BCUT2D eigenvalue weighted by molar-refractivity contribution is -0.288. The highest BCUT2D eigenvalue weighted by atomic mass is 32.1. The smallest absolute Gasteiger partial charge is 0.306 e. The van der Waals surface area contributed by atoms with E-state index in [4.69, 9.17) is 39.6 Å². The van der Waals surface area contributed by atoms with Gasteiger partial charge in [-0.2, -0.15) is 0 Å². The van der Waals surface area contributed by atoms with Gasteiger partial charge in [-0.05, 0) is 31.0 Å². The Bertz CT molecular complexity index is 1440. The largest absolute Gasteiger partial charge is 0.466 e. The second-order valence-electron chi connectivity index (χ2n) is 10.0. The molecule has 1 aliphatic rings. The molecule has 45 heavy (non-hydrogen) atoms. The molecular formula is C31H36O13S. The summed E-state index contributed by atoms with van der Waals surface area (Å²) < 4.78 is 39.5. The lowest BCUT2D eigenvalue weighted by Crippen LogP contribution is -2.63. The number of rotatable bonds is 13. The molecule has 2 aromatic rings. The maximum atomic E-state index is 12.2. The molecule has 0 aliphatic carbocycles. The molecule has 0 bridgehead atoms. The lowest BCUT2D eigenvalue weighted by atomic mass is 9.98. The van der Waals surface area contributed by atoms with Crippen LogP contribution in [-0.2, 0) is 58.8 Å². The molecule has 0 spiro atoms. The van der Waals surface area contributed by atoms with E-state index in [1.54, 1.807) is 25.1 Å². The second-order valence-corrected chi connectivity index (χ2v) is 11.2. The highest BCUT2D eigenvalue weighted by molar-refractivity contribution is 7.19. The maximum Gasteiger partial charge on any atom is 0.306 e. The Kier molecular flexibility index (Phi) is 12.7. The Morgan fingerprint density at radius 3 is 2.20 bits per heavy atom. The van der Waals surface area contributed by atoms with Crippen molar-refractivity contribution in [1.29, 1.82) is 0 Å². The lowest BCUT2D eigenvalue weighted by Gasteiger charge is -2.44. The summed E-state index contributed by atoms with van der Waals surface area (Å²) >= 11 is 1.33. The van der Waals surface area contributed by atoms with Crippen LogP contribution in [0, 0.1) is 12.3 Å². The van der Waals surface area contributed by atoms with Crippen LogP contribution in [0.3, 0.4) is 0 Å². The van der Waals surface area contributed by atoms with Gasteiger partial charge in [-0.15, -0.1) is 23.7 Å². The predicted molar refractivity (Wildman–Crippen MR) is 158 cm³/mol. The van der Waals surface area contributed by atoms with Crippen molar-refractivity contribution in [3.63, 3.8) is 0 Å². The number of aliphatic hydroxyl groups excluding tert-OH is 1. The van der Waals surface area contributed by atoms with E-state index >= 15 is 0 Å². The third-order valence-electron chi connectivity index (χ3n) is 6.47. The molecule has 1 aromatic heterocycles. The molecule has 2 heterocycles. The van der Waals surface area contributed by atoms with Gasteiger partial charge in [0.2, 0.25) is 12.4 Å². The average molecular weight is 649 g/mol. The molecule has 1 aromatic carbocycles. The first kappa shape index (κ1) is 35.3. The molecule has 1 saturated heterocycles. The molecule has 1 fully saturated rings. The van der Waals surface area contributed by atoms with Gasteiger partial charge in [-0.25, -0.2) is 0 Å². The Hall–Kier alpha value is -4.19. The highest BCUT2D eigenvalue weighted by Crippen LogP contribution is 2.41. The number of benzene rings is 1. The Labute approximate surface area is 264 Å². The minimum Gasteiger partial charge on any atom is -0.466 e. The molecule has 13 nitrogen and oxygen atoms in total. The topological polar surface area (TPSA) is 170 Å². The van der Waals surface area contributed by atoms with E-state index in [1.807, 2.05) is 0 Å². The number of carbonyl (C=O) groups is 5. The predicted octanol–water partition coefficient (Wildman–Crippen LogP) is 2.92. The van der Waals surface area contributed by atoms with Gasteiger partial charge in [0.1, 0.15) is 18.5 Å². The van der Waals surface area contributed by atoms with E-state index < -0.39 is 67.3 Å². The van der Waals surface area contributed by atoms with Gasteiger partial charge in [0.15, 0.2) is 12.2 Å². The van der Waals surface area contributed by atoms with Gasteiger partial charge in [0.25, 0.3) is 0 Å². The Morgan fingerprint density at radius 1 is 0.956 bits per heavy atom. The molecule has 1 N–H and O–H groups in total. The Morgan fingerprint density at radius 2 is 1.60 bits per heavy atom. The molecule has 0 saturated carbocycles. The third-order valence-corrected chi connectivity index (χ3v) is 7.71. The first-order chi connectivity index (χ1) is 21.3. The molecule has 6 atom stereocenters. The number of terminal acetylenes is 1. The minimum atomic E-state index is -1.46. The number of ether oxygens (including phenoxy) is 7. The van der Waals surface area contributed by atoms with Crippen molar-refractivity contribution < 1.29 is 62.2 Å². The Balaban J connectivity index is 2.10. The van der Waals surface area contributed by atoms with Gasteiger partial charge < -0.3 is 38.3 Å². The van der Waals surface area contributed by atoms with E-state index in [2.05, 4.69) is 5.92 Å². The standard InChI is InChI=1S/C31H36O13S/c1-7-9-23(36)21-11-12-24(22-14-20(45-30(21)22)10-13-26(37)38-8-2)43-31-29(42-19(6)35)28(41-18(5)34)27(40-17(4)33)25(44-31)15-39-16(3)32/h1,11-12,14,23,25,27-29,31,36H,8-10,13,15H2,2-6H3/t23?,25-,27+,28+,29-,31-/m1/s1. The summed E-state index contributed by atoms with van der Waals surface area (Å²) in [6.45, 7) is 6.10. The van der Waals surface area contributed by atoms with Crippen LogP contribution >= 0.6 is 11.3 Å². The van der Waals surface area contributed by atoms with E-state index in [9.17, 15) is 29.1 Å². The van der Waals surface area contributed by atoms with Crippen LogP contribution in [0.2, 0.25) is 0 Å². The van der Waals surface area contributed by atoms with Crippen LogP contribution in [0.4, 0.5) is 0 Å². The van der Waals surface area contributed by atoms with Crippen molar-refractivity contribution in [2.75, 3.05) is 13.2 Å². The maximum absolute atomic E-state index is 12.2. The molecule has 1 aliphatic heterocycles. The third kappa shape index (κ3) is 9.65. The average Bonchev–Trinajstić information content (AvgIpc) is 3.38. The SMILES string of the molecule is C#CCC(O)c1ccc(O[C@@H]2O[C@H](COC(C)=O)[C@H](OC(C)=O)[C@H](OC(C)=O)[C@H]2OC(C)=O)c2cc(CCC(=O)OCC)sc12. The van der Waals surface area contributed by atoms with Crippen LogP contribution < -0.4 is 4.74 Å². The van der Waals surface area contributed by atoms with Gasteiger partial charge in [-0.1, -0.05) is 6.07 Å². The summed E-state index contributed by atoms with van der Waals surface area (Å²) in [4.78, 5) is 60.8. The number of aryl methyl sites for hydroxylation is 1. The van der Waals surface area contributed by atoms with Gasteiger partial charge in [0, 0.05) is 49.1 Å². The number of aliphatic hydroxyl groups is 1. The second kappa shape index (κ2) is 16.2. The van der Waals surface area contributed by atoms with Crippen molar-refractivity contribution in [1.82, 2.24) is 0 Å². The molecule has 244 valence electrons. The number of fused-ring (bicyclic) bond motifs is 1. The summed E-state index contributed by atoms with van der Waals surface area (Å²) in [5.41, 5.74) is 0.532. The number of esters is 5. The first-order valence-electron chi connectivity index (χ1n) is 14.1. The van der Waals surface area contributed by atoms with Gasteiger partial charge >= 0.3 is 29.8 Å². The fourth-order valence-electron chi connectivity index (χ4n) is 4.75. The molecular weight excluding hydrogens is 612 g/mol. The normalized spacial score (nSPS) is 21.6. The summed E-state index contributed by atoms with van der Waals surface area (Å²) in [6, 6.07) is 4.97. The van der Waals surface area contributed by atoms with Crippen LogP contribution in [0.5, 0.6) is 5.75 Å². The summed E-state index contributed by atoms with van der Waals surface area (Å²) in [6.07, 6.45) is -1.88. The quantitative estimate of drug-likeness (QED) is 0.191. The summed E-state index contributed by atoms with van der Waals surface area (Å²) in [7, 11) is 0. The monoisotopic (exact) mass is 648 g/mol. The van der Waals surface area contributed by atoms with E-state index in [0.29, 0.717) is 22.1 Å². The number of thiophene rings is 1. The van der Waals surface area contributed by atoms with Gasteiger partial charge in [-0.3, -0.25) is 24.0 Å². The first-order valence-corrected chi connectivity index (χ1v) is 15.0. The van der Waals surface area contributed by atoms with E-state index in [0.717, 1.165) is 25.6 Å². The molecule has 14 heteroatoms. The number of hydrogen-bond acceptors (Lipinski definition) is 14. The van der Waals surface area contributed by atoms with Crippen molar-refractivity contribution in [2.24, 2.45) is 0 Å². The van der Waals surface area contributed by atoms with Crippen molar-refractivity contribution in [3.8, 4) is 18.1 Å². The minimum absolute atomic E-state index is 0.0467. The van der Waals surface area contributed by atoms with Crippen LogP contribution in [0.25, 0.3) is 10.1 Å². The molecule has 3 rings (SSSR count). The van der Waals surface area contributed by atoms with Gasteiger partial charge in [0.05, 0.1) is 19.1 Å². The van der Waals surface area contributed by atoms with Crippen molar-refractivity contribution in [3.05, 3.63) is 28.6 Å². The van der Waals surface area contributed by atoms with Crippen LogP contribution in [0.1, 0.15) is 64.0 Å². The fraction of sp³-hybridized carbons (Fsp3) is 0.516. The van der Waals surface area contributed by atoms with E-state index in [-0.39, 0.29) is 31.2 Å². The summed E-state index contributed by atoms with van der Waals surface area (Å²) in [5, 5.41) is 11.3. The van der Waals surface area contributed by atoms with Crippen molar-refractivity contribution in [2.45, 2.75) is 90.7 Å². The zero-order chi connectivity index (χ0) is 33.3. The zero-order valence-corrected chi connectivity index (χ0v) is 26.4. The molecule has 0 amide bonds. The van der Waals surface area contributed by atoms with Crippen LogP contribution in [-0.4, -0.2) is 78.9 Å². The zero-order valence-electron chi connectivity index (χ0n) is 25.6. The van der Waals surface area contributed by atoms with E-state index in [1.165, 1.54) is 18.3 Å². The molecule has 1 unspecified atom stereocenters. The fourth-order valence-corrected chi connectivity index (χ4v) is 5.98. The van der Waals surface area contributed by atoms with Crippen molar-refractivity contribution >= 4 is 51.3 Å². The summed E-state index contributed by atoms with van der Waals surface area (Å²) in [5.74, 6) is -0.665. The number of hydrogen-bond donors (Lipinski definition) is 1. The van der Waals surface area contributed by atoms with Crippen LogP contribution in [0.15, 0.2) is 18.2 Å². The highest BCUT2D eigenvalue weighted by Gasteiger charge is 2.53. The molecule has 0 radical (unpaired) electrons. The number of carbonyl (C=O) groups excluding carboxylic acids is 5.